The molecule has 0 aliphatic heterocycles. The molecule has 0 saturated heterocycles. The number of aromatic nitrogens is 1. The molecule has 3 aromatic rings. The summed E-state index contributed by atoms with van der Waals surface area (Å²) in [6.45, 7) is 3.73. The third kappa shape index (κ3) is 6.02. The first-order valence-electron chi connectivity index (χ1n) is 8.24. The Morgan fingerprint density at radius 3 is 1.96 bits per heavy atom. The number of hydrogen-bond donors (Lipinski definition) is 0. The first-order chi connectivity index (χ1) is 12.4. The van der Waals surface area contributed by atoms with Crippen molar-refractivity contribution in [2.24, 2.45) is 5.92 Å². The summed E-state index contributed by atoms with van der Waals surface area (Å²) in [5.74, 6) is -2.15. The summed E-state index contributed by atoms with van der Waals surface area (Å²) >= 11 is 0. The second-order valence-corrected chi connectivity index (χ2v) is 5.92. The van der Waals surface area contributed by atoms with Gasteiger partial charge in [-0.1, -0.05) is 24.3 Å². The van der Waals surface area contributed by atoms with Gasteiger partial charge in [0.05, 0.1) is 0 Å². The van der Waals surface area contributed by atoms with Crippen LogP contribution in [0, 0.1) is 12.0 Å². The van der Waals surface area contributed by atoms with E-state index in [-0.39, 0.29) is 37.5 Å². The fourth-order valence-electron chi connectivity index (χ4n) is 2.73. The van der Waals surface area contributed by atoms with E-state index in [0.717, 1.165) is 11.3 Å². The van der Waals surface area contributed by atoms with Crippen LogP contribution < -0.4 is 0 Å². The van der Waals surface area contributed by atoms with Crippen molar-refractivity contribution < 1.29 is 34.5 Å². The molecule has 5 heteroatoms. The summed E-state index contributed by atoms with van der Waals surface area (Å²) in [6, 6.07) is 21.4. The number of nitrogens with zero attached hydrogens (tertiary/aromatic N) is 1. The van der Waals surface area contributed by atoms with Gasteiger partial charge in [-0.05, 0) is 43.3 Å². The molecule has 1 radical (unpaired) electrons. The summed E-state index contributed by atoms with van der Waals surface area (Å²) in [5.41, 5.74) is 2.04. The third-order valence-corrected chi connectivity index (χ3v) is 3.86. The maximum Gasteiger partial charge on any atom is 0.147 e. The largest absolute Gasteiger partial charge is 0.304 e. The fourth-order valence-corrected chi connectivity index (χ4v) is 2.73. The molecule has 1 aromatic heterocycles. The van der Waals surface area contributed by atoms with Gasteiger partial charge in [0, 0.05) is 26.3 Å². The molecule has 1 heterocycles. The van der Waals surface area contributed by atoms with Gasteiger partial charge < -0.3 is 4.98 Å². The Bertz CT molecular complexity index is 900. The molecule has 0 amide bonds. The number of Topliss-reactive ketones (excluding diaryl/α,β-unsaturated/α-hetero) is 3. The quantitative estimate of drug-likeness (QED) is 0.371. The van der Waals surface area contributed by atoms with Crippen molar-refractivity contribution in [3.63, 3.8) is 0 Å². The van der Waals surface area contributed by atoms with E-state index in [9.17, 15) is 14.4 Å². The van der Waals surface area contributed by atoms with Gasteiger partial charge in [0.15, 0.2) is 0 Å². The third-order valence-electron chi connectivity index (χ3n) is 3.86. The minimum Gasteiger partial charge on any atom is -0.304 e. The van der Waals surface area contributed by atoms with Gasteiger partial charge in [-0.3, -0.25) is 14.4 Å². The SMILES string of the molecule is CC(=O)C(C(C)=O)C(C)=O.[Ir].[c-]1ccccc1-c1nccc2ccccc12. The van der Waals surface area contributed by atoms with Gasteiger partial charge >= 0.3 is 0 Å². The number of pyridine rings is 1. The molecule has 3 rings (SSSR count). The Hall–Kier alpha value is -2.49. The average Bonchev–Trinajstić information content (AvgIpc) is 2.61. The molecule has 4 nitrogen and oxygen atoms in total. The Morgan fingerprint density at radius 1 is 0.852 bits per heavy atom. The number of hydrogen-bond acceptors (Lipinski definition) is 4. The van der Waals surface area contributed by atoms with Crippen LogP contribution >= 0.6 is 0 Å². The molecule has 0 unspecified atom stereocenters. The standard InChI is InChI=1S/C15H10N.C7H10O3.Ir/c1-2-7-13(8-3-1)15-14-9-5-4-6-12(14)10-11-16-15;1-4(8)7(5(2)9)6(3)10;/h1-7,9-11H;7H,1-3H3;/q-1;;. The van der Waals surface area contributed by atoms with E-state index in [4.69, 9.17) is 0 Å². The second kappa shape index (κ2) is 10.6. The van der Waals surface area contributed by atoms with E-state index >= 15 is 0 Å². The normalized spacial score (nSPS) is 9.78. The molecule has 0 fully saturated rings. The van der Waals surface area contributed by atoms with E-state index in [2.05, 4.69) is 23.2 Å². The first kappa shape index (κ1) is 22.6. The van der Waals surface area contributed by atoms with Crippen LogP contribution in [-0.4, -0.2) is 22.3 Å². The average molecular weight is 539 g/mol. The van der Waals surface area contributed by atoms with Gasteiger partial charge in [-0.2, -0.15) is 0 Å². The van der Waals surface area contributed by atoms with Gasteiger partial charge in [0.2, 0.25) is 0 Å². The molecule has 0 atom stereocenters. The van der Waals surface area contributed by atoms with Crippen LogP contribution in [0.1, 0.15) is 20.8 Å². The Kier molecular flexibility index (Phi) is 8.86. The molecule has 0 aliphatic carbocycles. The van der Waals surface area contributed by atoms with Gasteiger partial charge in [0.1, 0.15) is 23.3 Å². The number of carbonyl (C=O) groups is 3. The molecular weight excluding hydrogens is 518 g/mol. The van der Waals surface area contributed by atoms with E-state index in [1.807, 2.05) is 48.7 Å². The van der Waals surface area contributed by atoms with Crippen molar-refractivity contribution >= 4 is 28.1 Å². The van der Waals surface area contributed by atoms with Crippen molar-refractivity contribution in [3.05, 3.63) is 66.9 Å². The molecule has 141 valence electrons. The molecule has 2 aromatic carbocycles. The van der Waals surface area contributed by atoms with E-state index in [0.29, 0.717) is 0 Å². The predicted octanol–water partition coefficient (Wildman–Crippen LogP) is 4.07. The van der Waals surface area contributed by atoms with Crippen LogP contribution in [0.3, 0.4) is 0 Å². The zero-order valence-corrected chi connectivity index (χ0v) is 17.8. The maximum atomic E-state index is 10.6. The van der Waals surface area contributed by atoms with Crippen LogP contribution in [0.25, 0.3) is 22.0 Å². The Labute approximate surface area is 172 Å². The number of ketones is 3. The summed E-state index contributed by atoms with van der Waals surface area (Å²) in [5, 5.41) is 2.39. The maximum absolute atomic E-state index is 10.6. The number of benzene rings is 2. The monoisotopic (exact) mass is 539 g/mol. The predicted molar refractivity (Wildman–Crippen MR) is 102 cm³/mol. The van der Waals surface area contributed by atoms with Crippen molar-refractivity contribution in [1.29, 1.82) is 0 Å². The van der Waals surface area contributed by atoms with Gasteiger partial charge in [-0.15, -0.1) is 35.9 Å². The fraction of sp³-hybridized carbons (Fsp3) is 0.182. The van der Waals surface area contributed by atoms with Crippen LogP contribution in [0.15, 0.2) is 60.8 Å². The minimum absolute atomic E-state index is 0. The van der Waals surface area contributed by atoms with E-state index in [1.165, 1.54) is 31.5 Å². The summed E-state index contributed by atoms with van der Waals surface area (Å²) in [4.78, 5) is 36.2. The summed E-state index contributed by atoms with van der Waals surface area (Å²) < 4.78 is 0. The molecule has 0 saturated carbocycles. The second-order valence-electron chi connectivity index (χ2n) is 5.92. The first-order valence-corrected chi connectivity index (χ1v) is 8.24. The number of carbonyl (C=O) groups excluding carboxylic acids is 3. The molecule has 0 aliphatic rings. The van der Waals surface area contributed by atoms with Crippen molar-refractivity contribution in [2.75, 3.05) is 0 Å². The smallest absolute Gasteiger partial charge is 0.147 e. The Morgan fingerprint density at radius 2 is 1.44 bits per heavy atom. The van der Waals surface area contributed by atoms with Crippen LogP contribution in [0.5, 0.6) is 0 Å². The summed E-state index contributed by atoms with van der Waals surface area (Å²) in [6.07, 6.45) is 1.85. The number of fused-ring (bicyclic) bond motifs is 1. The van der Waals surface area contributed by atoms with Crippen LogP contribution in [-0.2, 0) is 34.5 Å². The zero-order valence-electron chi connectivity index (χ0n) is 15.4. The van der Waals surface area contributed by atoms with Crippen molar-refractivity contribution in [2.45, 2.75) is 20.8 Å². The molecule has 0 bridgehead atoms. The zero-order chi connectivity index (χ0) is 19.1. The van der Waals surface area contributed by atoms with Crippen LogP contribution in [0.4, 0.5) is 0 Å². The van der Waals surface area contributed by atoms with E-state index in [1.54, 1.807) is 0 Å². The van der Waals surface area contributed by atoms with Crippen molar-refractivity contribution in [1.82, 2.24) is 4.98 Å². The minimum atomic E-state index is -1.03. The Balaban J connectivity index is 0.000000292. The molecular formula is C22H20IrNO3-. The van der Waals surface area contributed by atoms with Crippen molar-refractivity contribution in [3.8, 4) is 11.3 Å². The molecule has 27 heavy (non-hydrogen) atoms. The van der Waals surface area contributed by atoms with Gasteiger partial charge in [0.25, 0.3) is 0 Å². The van der Waals surface area contributed by atoms with E-state index < -0.39 is 5.92 Å². The van der Waals surface area contributed by atoms with Crippen LogP contribution in [0.2, 0.25) is 0 Å². The topological polar surface area (TPSA) is 64.1 Å². The van der Waals surface area contributed by atoms with Gasteiger partial charge in [-0.25, -0.2) is 0 Å². The molecule has 0 N–H and O–H groups in total. The molecule has 0 spiro atoms. The summed E-state index contributed by atoms with van der Waals surface area (Å²) in [7, 11) is 0. The number of rotatable bonds is 4.